The lowest BCUT2D eigenvalue weighted by molar-refractivity contribution is 0.386. The van der Waals surface area contributed by atoms with Crippen molar-refractivity contribution in [3.05, 3.63) is 58.6 Å². The van der Waals surface area contributed by atoms with Crippen molar-refractivity contribution in [2.75, 3.05) is 19.0 Å². The maximum atomic E-state index is 13.9. The number of nitrogens with one attached hydrogen (secondary N) is 1. The van der Waals surface area contributed by atoms with Crippen LogP contribution >= 0.6 is 11.6 Å². The monoisotopic (exact) mass is 312 g/mol. The quantitative estimate of drug-likeness (QED) is 0.884. The van der Waals surface area contributed by atoms with Gasteiger partial charge in [0, 0.05) is 28.9 Å². The van der Waals surface area contributed by atoms with Crippen LogP contribution in [0.5, 0.6) is 5.75 Å². The Morgan fingerprint density at radius 1 is 1.19 bits per heavy atom. The Morgan fingerprint density at radius 3 is 2.57 bits per heavy atom. The van der Waals surface area contributed by atoms with E-state index in [1.807, 2.05) is 0 Å². The molecule has 3 N–H and O–H groups in total. The van der Waals surface area contributed by atoms with Gasteiger partial charge in [-0.15, -0.1) is 0 Å². The smallest absolute Gasteiger partial charge is 0.165 e. The van der Waals surface area contributed by atoms with E-state index in [4.69, 9.17) is 22.1 Å². The lowest BCUT2D eigenvalue weighted by atomic mass is 10.1. The van der Waals surface area contributed by atoms with E-state index in [1.165, 1.54) is 43.5 Å². The van der Waals surface area contributed by atoms with Crippen LogP contribution in [0, 0.1) is 11.6 Å². The molecule has 0 aliphatic rings. The van der Waals surface area contributed by atoms with E-state index in [0.717, 1.165) is 0 Å². The van der Waals surface area contributed by atoms with Gasteiger partial charge in [-0.3, -0.25) is 0 Å². The first-order valence-corrected chi connectivity index (χ1v) is 6.68. The zero-order valence-electron chi connectivity index (χ0n) is 11.4. The first-order chi connectivity index (χ1) is 10.0. The molecular formula is C15H15ClF2N2O. The van der Waals surface area contributed by atoms with Crippen molar-refractivity contribution in [1.29, 1.82) is 0 Å². The molecule has 0 bridgehead atoms. The second-order valence-corrected chi connectivity index (χ2v) is 4.88. The minimum absolute atomic E-state index is 0.0994. The highest BCUT2D eigenvalue weighted by Gasteiger charge is 2.15. The molecule has 0 aromatic heterocycles. The van der Waals surface area contributed by atoms with Crippen LogP contribution < -0.4 is 15.8 Å². The molecule has 1 atom stereocenters. The molecule has 1 unspecified atom stereocenters. The third-order valence-corrected chi connectivity index (χ3v) is 3.30. The number of halogens is 3. The summed E-state index contributed by atoms with van der Waals surface area (Å²) in [6, 6.07) is 8.07. The molecule has 0 fully saturated rings. The molecule has 0 radical (unpaired) electrons. The summed E-state index contributed by atoms with van der Waals surface area (Å²) in [6.45, 7) is 0.150. The number of rotatable bonds is 5. The number of hydrogen-bond donors (Lipinski definition) is 2. The molecule has 6 heteroatoms. The molecule has 0 amide bonds. The van der Waals surface area contributed by atoms with Crippen molar-refractivity contribution in [2.24, 2.45) is 5.73 Å². The van der Waals surface area contributed by atoms with Gasteiger partial charge < -0.3 is 15.8 Å². The van der Waals surface area contributed by atoms with Gasteiger partial charge >= 0.3 is 0 Å². The van der Waals surface area contributed by atoms with E-state index in [2.05, 4.69) is 5.32 Å². The predicted octanol–water partition coefficient (Wildman–Crippen LogP) is 3.74. The van der Waals surface area contributed by atoms with Gasteiger partial charge in [-0.2, -0.15) is 0 Å². The van der Waals surface area contributed by atoms with Crippen LogP contribution in [0.2, 0.25) is 5.02 Å². The van der Waals surface area contributed by atoms with Crippen LogP contribution in [0.15, 0.2) is 36.4 Å². The van der Waals surface area contributed by atoms with Crippen LogP contribution in [0.3, 0.4) is 0 Å². The van der Waals surface area contributed by atoms with Gasteiger partial charge in [0.2, 0.25) is 0 Å². The molecule has 0 saturated carbocycles. The Morgan fingerprint density at radius 2 is 1.90 bits per heavy atom. The number of anilines is 1. The van der Waals surface area contributed by atoms with Gasteiger partial charge in [-0.1, -0.05) is 11.6 Å². The number of nitrogens with two attached hydrogens (primary N) is 1. The molecule has 0 spiro atoms. The number of hydrogen-bond acceptors (Lipinski definition) is 3. The predicted molar refractivity (Wildman–Crippen MR) is 79.8 cm³/mol. The second kappa shape index (κ2) is 6.74. The highest BCUT2D eigenvalue weighted by atomic mass is 35.5. The molecule has 2 rings (SSSR count). The van der Waals surface area contributed by atoms with Gasteiger partial charge in [0.25, 0.3) is 0 Å². The summed E-state index contributed by atoms with van der Waals surface area (Å²) in [4.78, 5) is 0. The minimum Gasteiger partial charge on any atom is -0.494 e. The van der Waals surface area contributed by atoms with Gasteiger partial charge in [-0.05, 0) is 30.3 Å². The molecule has 0 saturated heterocycles. The zero-order chi connectivity index (χ0) is 15.4. The Bertz CT molecular complexity index is 637. The number of methoxy groups -OCH3 is 1. The summed E-state index contributed by atoms with van der Waals surface area (Å²) >= 11 is 5.88. The summed E-state index contributed by atoms with van der Waals surface area (Å²) in [7, 11) is 1.37. The summed E-state index contributed by atoms with van der Waals surface area (Å²) in [6.07, 6.45) is 0. The molecular weight excluding hydrogens is 298 g/mol. The highest BCUT2D eigenvalue weighted by molar-refractivity contribution is 6.30. The summed E-state index contributed by atoms with van der Waals surface area (Å²) in [5, 5.41) is 3.46. The minimum atomic E-state index is -0.487. The Kier molecular flexibility index (Phi) is 4.98. The lowest BCUT2D eigenvalue weighted by Gasteiger charge is -2.20. The molecule has 0 aliphatic carbocycles. The fraction of sp³-hybridized carbons (Fsp3) is 0.200. The molecule has 0 heterocycles. The van der Waals surface area contributed by atoms with Gasteiger partial charge in [0.05, 0.1) is 13.2 Å². The normalized spacial score (nSPS) is 12.0. The Labute approximate surface area is 126 Å². The van der Waals surface area contributed by atoms with Crippen LogP contribution in [0.25, 0.3) is 0 Å². The molecule has 0 aliphatic heterocycles. The fourth-order valence-electron chi connectivity index (χ4n) is 2.00. The summed E-state index contributed by atoms with van der Waals surface area (Å²) in [5.74, 6) is -0.778. The van der Waals surface area contributed by atoms with E-state index in [1.54, 1.807) is 0 Å². The largest absolute Gasteiger partial charge is 0.494 e. The standard InChI is InChI=1S/C15H15ClF2N2O/c1-21-15-7-10(3-5-13(15)18)20-14(8-19)11-6-9(16)2-4-12(11)17/h2-7,14,20H,8,19H2,1H3. The third kappa shape index (κ3) is 3.62. The van der Waals surface area contributed by atoms with Crippen molar-refractivity contribution in [2.45, 2.75) is 6.04 Å². The summed E-state index contributed by atoms with van der Waals surface area (Å²) in [5.41, 5.74) is 6.62. The average Bonchev–Trinajstić information content (AvgIpc) is 2.49. The van der Waals surface area contributed by atoms with Crippen molar-refractivity contribution in [3.63, 3.8) is 0 Å². The molecule has 2 aromatic carbocycles. The van der Waals surface area contributed by atoms with E-state index in [0.29, 0.717) is 16.3 Å². The molecule has 3 nitrogen and oxygen atoms in total. The van der Waals surface area contributed by atoms with Crippen molar-refractivity contribution in [3.8, 4) is 5.75 Å². The zero-order valence-corrected chi connectivity index (χ0v) is 12.1. The molecule has 21 heavy (non-hydrogen) atoms. The number of benzene rings is 2. The van der Waals surface area contributed by atoms with E-state index in [9.17, 15) is 8.78 Å². The fourth-order valence-corrected chi connectivity index (χ4v) is 2.18. The van der Waals surface area contributed by atoms with Gasteiger partial charge in [0.1, 0.15) is 5.82 Å². The van der Waals surface area contributed by atoms with E-state index in [-0.39, 0.29) is 12.3 Å². The first-order valence-electron chi connectivity index (χ1n) is 6.30. The lowest BCUT2D eigenvalue weighted by Crippen LogP contribution is -2.21. The van der Waals surface area contributed by atoms with Crippen molar-refractivity contribution in [1.82, 2.24) is 0 Å². The maximum Gasteiger partial charge on any atom is 0.165 e. The maximum absolute atomic E-state index is 13.9. The van der Waals surface area contributed by atoms with Crippen molar-refractivity contribution < 1.29 is 13.5 Å². The summed E-state index contributed by atoms with van der Waals surface area (Å²) < 4.78 is 32.2. The van der Waals surface area contributed by atoms with Crippen LogP contribution in [0.4, 0.5) is 14.5 Å². The molecule has 2 aromatic rings. The third-order valence-electron chi connectivity index (χ3n) is 3.06. The van der Waals surface area contributed by atoms with Crippen molar-refractivity contribution >= 4 is 17.3 Å². The average molecular weight is 313 g/mol. The topological polar surface area (TPSA) is 47.3 Å². The number of ether oxygens (including phenoxy) is 1. The second-order valence-electron chi connectivity index (χ2n) is 4.45. The Hall–Kier alpha value is -1.85. The van der Waals surface area contributed by atoms with Gasteiger partial charge in [-0.25, -0.2) is 8.78 Å². The van der Waals surface area contributed by atoms with Crippen LogP contribution in [-0.4, -0.2) is 13.7 Å². The Balaban J connectivity index is 2.29. The SMILES string of the molecule is COc1cc(NC(CN)c2cc(Cl)ccc2F)ccc1F. The van der Waals surface area contributed by atoms with E-state index < -0.39 is 17.7 Å². The van der Waals surface area contributed by atoms with E-state index >= 15 is 0 Å². The first kappa shape index (κ1) is 15.5. The van der Waals surface area contributed by atoms with Gasteiger partial charge in [0.15, 0.2) is 11.6 Å². The molecule has 112 valence electrons. The highest BCUT2D eigenvalue weighted by Crippen LogP contribution is 2.27. The van der Waals surface area contributed by atoms with Crippen LogP contribution in [-0.2, 0) is 0 Å². The van der Waals surface area contributed by atoms with Crippen LogP contribution in [0.1, 0.15) is 11.6 Å².